The number of ether oxygens (including phenoxy) is 1. The quantitative estimate of drug-likeness (QED) is 0.462. The highest BCUT2D eigenvalue weighted by Gasteiger charge is 2.13. The van der Waals surface area contributed by atoms with E-state index in [1.807, 2.05) is 0 Å². The fraction of sp³-hybridized carbons (Fsp3) is 0.786. The summed E-state index contributed by atoms with van der Waals surface area (Å²) in [5.74, 6) is 0.902. The van der Waals surface area contributed by atoms with Gasteiger partial charge in [0.15, 0.2) is 0 Å². The molecule has 16 heavy (non-hydrogen) atoms. The molecule has 0 heterocycles. The zero-order chi connectivity index (χ0) is 12.6. The maximum Gasteiger partial charge on any atom is 0.333 e. The number of unbranched alkanes of at least 4 members (excludes halogenated alkanes) is 1. The molecule has 0 radical (unpaired) electrons. The third-order valence-corrected chi connectivity index (χ3v) is 2.57. The van der Waals surface area contributed by atoms with Gasteiger partial charge in [-0.1, -0.05) is 40.2 Å². The molecule has 0 aliphatic rings. The summed E-state index contributed by atoms with van der Waals surface area (Å²) < 4.78 is 5.23. The SMILES string of the molecule is C=C(C)C(=O)OCC(CCCC)CC(C)C. The lowest BCUT2D eigenvalue weighted by atomic mass is 9.93. The first kappa shape index (κ1) is 15.2. The van der Waals surface area contributed by atoms with Gasteiger partial charge in [0.1, 0.15) is 0 Å². The van der Waals surface area contributed by atoms with E-state index < -0.39 is 0 Å². The molecule has 0 bridgehead atoms. The molecule has 0 saturated carbocycles. The lowest BCUT2D eigenvalue weighted by molar-refractivity contribution is -0.140. The van der Waals surface area contributed by atoms with Gasteiger partial charge < -0.3 is 4.74 Å². The first-order chi connectivity index (χ1) is 7.47. The molecule has 0 spiro atoms. The maximum absolute atomic E-state index is 11.3. The highest BCUT2D eigenvalue weighted by Crippen LogP contribution is 2.18. The predicted octanol–water partition coefficient (Wildman–Crippen LogP) is 3.96. The molecule has 2 nitrogen and oxygen atoms in total. The molecular formula is C14H26O2. The largest absolute Gasteiger partial charge is 0.462 e. The van der Waals surface area contributed by atoms with Crippen LogP contribution in [0.3, 0.4) is 0 Å². The molecule has 0 rings (SSSR count). The van der Waals surface area contributed by atoms with Gasteiger partial charge >= 0.3 is 5.97 Å². The van der Waals surface area contributed by atoms with Crippen molar-refractivity contribution in [1.82, 2.24) is 0 Å². The molecule has 94 valence electrons. The molecule has 0 aromatic heterocycles. The Kier molecular flexibility index (Phi) is 7.96. The summed E-state index contributed by atoms with van der Waals surface area (Å²) in [6.07, 6.45) is 4.69. The van der Waals surface area contributed by atoms with E-state index in [0.717, 1.165) is 12.8 Å². The molecule has 0 aliphatic heterocycles. The molecule has 0 saturated heterocycles. The Labute approximate surface area is 100 Å². The van der Waals surface area contributed by atoms with Crippen LogP contribution in [0.4, 0.5) is 0 Å². The maximum atomic E-state index is 11.3. The van der Waals surface area contributed by atoms with E-state index in [1.165, 1.54) is 12.8 Å². The van der Waals surface area contributed by atoms with E-state index in [9.17, 15) is 4.79 Å². The third-order valence-electron chi connectivity index (χ3n) is 2.57. The average Bonchev–Trinajstić information content (AvgIpc) is 2.20. The molecular weight excluding hydrogens is 200 g/mol. The summed E-state index contributed by atoms with van der Waals surface area (Å²) in [6.45, 7) is 12.4. The van der Waals surface area contributed by atoms with Gasteiger partial charge in [-0.15, -0.1) is 0 Å². The van der Waals surface area contributed by atoms with Crippen LogP contribution >= 0.6 is 0 Å². The first-order valence-electron chi connectivity index (χ1n) is 6.30. The summed E-state index contributed by atoms with van der Waals surface area (Å²) in [4.78, 5) is 11.3. The molecule has 0 aliphatic carbocycles. The van der Waals surface area contributed by atoms with Crippen molar-refractivity contribution < 1.29 is 9.53 Å². The summed E-state index contributed by atoms with van der Waals surface area (Å²) >= 11 is 0. The number of hydrogen-bond donors (Lipinski definition) is 0. The molecule has 0 fully saturated rings. The summed E-state index contributed by atoms with van der Waals surface area (Å²) in [5, 5.41) is 0. The van der Waals surface area contributed by atoms with E-state index >= 15 is 0 Å². The van der Waals surface area contributed by atoms with Gasteiger partial charge in [0.05, 0.1) is 6.61 Å². The van der Waals surface area contributed by atoms with Crippen LogP contribution < -0.4 is 0 Å². The zero-order valence-electron chi connectivity index (χ0n) is 11.2. The standard InChI is InChI=1S/C14H26O2/c1-6-7-8-13(9-11(2)3)10-16-14(15)12(4)5/h11,13H,4,6-10H2,1-3,5H3. The summed E-state index contributed by atoms with van der Waals surface area (Å²) in [6, 6.07) is 0. The minimum absolute atomic E-state index is 0.259. The second-order valence-corrected chi connectivity index (χ2v) is 5.02. The monoisotopic (exact) mass is 226 g/mol. The number of esters is 1. The summed E-state index contributed by atoms with van der Waals surface area (Å²) in [5.41, 5.74) is 0.485. The number of carbonyl (C=O) groups excluding carboxylic acids is 1. The Bertz CT molecular complexity index is 219. The van der Waals surface area contributed by atoms with Gasteiger partial charge in [0, 0.05) is 5.57 Å². The highest BCUT2D eigenvalue weighted by atomic mass is 16.5. The fourth-order valence-corrected chi connectivity index (χ4v) is 1.75. The van der Waals surface area contributed by atoms with E-state index in [4.69, 9.17) is 4.74 Å². The summed E-state index contributed by atoms with van der Waals surface area (Å²) in [7, 11) is 0. The Hall–Kier alpha value is -0.790. The topological polar surface area (TPSA) is 26.3 Å². The Morgan fingerprint density at radius 1 is 1.38 bits per heavy atom. The van der Waals surface area contributed by atoms with Gasteiger partial charge in [-0.3, -0.25) is 0 Å². The van der Waals surface area contributed by atoms with Crippen LogP contribution in [-0.4, -0.2) is 12.6 Å². The van der Waals surface area contributed by atoms with Crippen LogP contribution in [0.2, 0.25) is 0 Å². The minimum Gasteiger partial charge on any atom is -0.462 e. The van der Waals surface area contributed by atoms with E-state index in [1.54, 1.807) is 6.92 Å². The molecule has 0 N–H and O–H groups in total. The Morgan fingerprint density at radius 2 is 2.00 bits per heavy atom. The van der Waals surface area contributed by atoms with Crippen molar-refractivity contribution in [3.63, 3.8) is 0 Å². The second kappa shape index (κ2) is 8.37. The van der Waals surface area contributed by atoms with Crippen molar-refractivity contribution in [3.05, 3.63) is 12.2 Å². The van der Waals surface area contributed by atoms with Crippen molar-refractivity contribution in [2.45, 2.75) is 53.4 Å². The van der Waals surface area contributed by atoms with Crippen molar-refractivity contribution in [2.75, 3.05) is 6.61 Å². The smallest absolute Gasteiger partial charge is 0.333 e. The van der Waals surface area contributed by atoms with Crippen molar-refractivity contribution in [1.29, 1.82) is 0 Å². The van der Waals surface area contributed by atoms with Gasteiger partial charge in [-0.25, -0.2) is 4.79 Å². The first-order valence-corrected chi connectivity index (χ1v) is 6.30. The lowest BCUT2D eigenvalue weighted by Crippen LogP contribution is -2.16. The highest BCUT2D eigenvalue weighted by molar-refractivity contribution is 5.86. The average molecular weight is 226 g/mol. The van der Waals surface area contributed by atoms with Gasteiger partial charge in [0.2, 0.25) is 0 Å². The Balaban J connectivity index is 3.99. The van der Waals surface area contributed by atoms with E-state index in [2.05, 4.69) is 27.4 Å². The molecule has 0 aromatic rings. The van der Waals surface area contributed by atoms with Crippen LogP contribution in [-0.2, 0) is 9.53 Å². The van der Waals surface area contributed by atoms with Crippen molar-refractivity contribution in [3.8, 4) is 0 Å². The zero-order valence-corrected chi connectivity index (χ0v) is 11.2. The van der Waals surface area contributed by atoms with Crippen LogP contribution in [0.1, 0.15) is 53.4 Å². The number of rotatable bonds is 8. The van der Waals surface area contributed by atoms with Gasteiger partial charge in [-0.05, 0) is 31.6 Å². The molecule has 2 heteroatoms. The molecule has 0 aromatic carbocycles. The van der Waals surface area contributed by atoms with E-state index in [-0.39, 0.29) is 5.97 Å². The van der Waals surface area contributed by atoms with Crippen molar-refractivity contribution >= 4 is 5.97 Å². The fourth-order valence-electron chi connectivity index (χ4n) is 1.75. The van der Waals surface area contributed by atoms with Gasteiger partial charge in [0.25, 0.3) is 0 Å². The van der Waals surface area contributed by atoms with Crippen LogP contribution in [0.15, 0.2) is 12.2 Å². The number of carbonyl (C=O) groups is 1. The molecule has 0 amide bonds. The Morgan fingerprint density at radius 3 is 2.44 bits per heavy atom. The second-order valence-electron chi connectivity index (χ2n) is 5.02. The molecule has 1 unspecified atom stereocenters. The van der Waals surface area contributed by atoms with Crippen LogP contribution in [0.25, 0.3) is 0 Å². The van der Waals surface area contributed by atoms with Crippen LogP contribution in [0, 0.1) is 11.8 Å². The van der Waals surface area contributed by atoms with E-state index in [0.29, 0.717) is 24.0 Å². The van der Waals surface area contributed by atoms with Gasteiger partial charge in [-0.2, -0.15) is 0 Å². The van der Waals surface area contributed by atoms with Crippen LogP contribution in [0.5, 0.6) is 0 Å². The normalized spacial score (nSPS) is 12.6. The molecule has 1 atom stereocenters. The predicted molar refractivity (Wildman–Crippen MR) is 68.2 cm³/mol. The minimum atomic E-state index is -0.259. The third kappa shape index (κ3) is 7.49. The van der Waals surface area contributed by atoms with Crippen molar-refractivity contribution in [2.24, 2.45) is 11.8 Å². The number of hydrogen-bond acceptors (Lipinski definition) is 2. The lowest BCUT2D eigenvalue weighted by Gasteiger charge is -2.18.